The van der Waals surface area contributed by atoms with E-state index in [1.54, 1.807) is 0 Å². The molecule has 9 heavy (non-hydrogen) atoms. The second-order valence-corrected chi connectivity index (χ2v) is 3.62. The summed E-state index contributed by atoms with van der Waals surface area (Å²) in [6.45, 7) is 6.40. The van der Waals surface area contributed by atoms with Crippen LogP contribution in [0.4, 0.5) is 0 Å². The van der Waals surface area contributed by atoms with Crippen molar-refractivity contribution in [3.05, 3.63) is 0 Å². The smallest absolute Gasteiger partial charge is 0.142 e. The molecular formula is C8H14N+. The van der Waals surface area contributed by atoms with E-state index in [9.17, 15) is 0 Å². The topological polar surface area (TPSA) is 3.01 Å². The molecule has 0 atom stereocenters. The van der Waals surface area contributed by atoms with Gasteiger partial charge in [0.15, 0.2) is 0 Å². The summed E-state index contributed by atoms with van der Waals surface area (Å²) in [5.74, 6) is 0. The number of hydrogen-bond donors (Lipinski definition) is 0. The Morgan fingerprint density at radius 3 is 2.00 bits per heavy atom. The molecule has 0 N–H and O–H groups in total. The van der Waals surface area contributed by atoms with Crippen LogP contribution in [0.2, 0.25) is 0 Å². The van der Waals surface area contributed by atoms with E-state index >= 15 is 0 Å². The van der Waals surface area contributed by atoms with Gasteiger partial charge in [0.2, 0.25) is 0 Å². The van der Waals surface area contributed by atoms with Crippen molar-refractivity contribution in [3.63, 3.8) is 0 Å². The molecule has 1 nitrogen and oxygen atoms in total. The third kappa shape index (κ3) is 0.887. The van der Waals surface area contributed by atoms with E-state index in [2.05, 4.69) is 11.3 Å². The summed E-state index contributed by atoms with van der Waals surface area (Å²) in [6, 6.07) is 0. The molecule has 0 aromatic rings. The second kappa shape index (κ2) is 1.59. The highest BCUT2D eigenvalue weighted by Crippen LogP contribution is 2.52. The van der Waals surface area contributed by atoms with Crippen LogP contribution in [0, 0.1) is 5.41 Å². The largest absolute Gasteiger partial charge is 0.242 e. The lowest BCUT2D eigenvalue weighted by molar-refractivity contribution is -0.534. The third-order valence-electron chi connectivity index (χ3n) is 2.87. The Hall–Kier alpha value is -0.330. The Morgan fingerprint density at radius 1 is 1.00 bits per heavy atom. The SMILES string of the molecule is C=[N+]1CCC2(CC1)CC2. The fraction of sp³-hybridized carbons (Fsp3) is 0.875. The van der Waals surface area contributed by atoms with Gasteiger partial charge in [0, 0.05) is 12.8 Å². The lowest BCUT2D eigenvalue weighted by Gasteiger charge is -2.17. The molecule has 2 fully saturated rings. The van der Waals surface area contributed by atoms with Gasteiger partial charge in [0.1, 0.15) is 19.8 Å². The normalized spacial score (nSPS) is 30.9. The zero-order valence-corrected chi connectivity index (χ0v) is 5.90. The molecule has 0 bridgehead atoms. The molecule has 1 saturated heterocycles. The fourth-order valence-corrected chi connectivity index (χ4v) is 1.70. The van der Waals surface area contributed by atoms with Gasteiger partial charge in [0.05, 0.1) is 0 Å². The summed E-state index contributed by atoms with van der Waals surface area (Å²) in [5, 5.41) is 0. The average Bonchev–Trinajstić information content (AvgIpc) is 2.60. The van der Waals surface area contributed by atoms with Crippen molar-refractivity contribution in [2.24, 2.45) is 5.41 Å². The summed E-state index contributed by atoms with van der Waals surface area (Å²) in [4.78, 5) is 0. The molecule has 1 aliphatic carbocycles. The van der Waals surface area contributed by atoms with Crippen molar-refractivity contribution >= 4 is 6.72 Å². The maximum Gasteiger partial charge on any atom is 0.142 e. The molecular weight excluding hydrogens is 110 g/mol. The molecule has 1 heteroatoms. The minimum Gasteiger partial charge on any atom is -0.242 e. The first-order valence-corrected chi connectivity index (χ1v) is 3.86. The highest BCUT2D eigenvalue weighted by atomic mass is 15.0. The molecule has 1 aliphatic heterocycles. The van der Waals surface area contributed by atoms with Gasteiger partial charge in [-0.3, -0.25) is 0 Å². The first kappa shape index (κ1) is 5.45. The Balaban J connectivity index is 1.98. The lowest BCUT2D eigenvalue weighted by atomic mass is 9.95. The molecule has 1 saturated carbocycles. The van der Waals surface area contributed by atoms with Crippen molar-refractivity contribution in [2.45, 2.75) is 25.7 Å². The van der Waals surface area contributed by atoms with Gasteiger partial charge in [-0.2, -0.15) is 0 Å². The Morgan fingerprint density at radius 2 is 1.56 bits per heavy atom. The van der Waals surface area contributed by atoms with Crippen molar-refractivity contribution in [3.8, 4) is 0 Å². The highest BCUT2D eigenvalue weighted by Gasteiger charge is 2.45. The first-order valence-electron chi connectivity index (χ1n) is 3.86. The molecule has 0 radical (unpaired) electrons. The van der Waals surface area contributed by atoms with Crippen LogP contribution in [-0.4, -0.2) is 24.4 Å². The van der Waals surface area contributed by atoms with Gasteiger partial charge in [-0.05, 0) is 18.3 Å². The monoisotopic (exact) mass is 124 g/mol. The van der Waals surface area contributed by atoms with Gasteiger partial charge >= 0.3 is 0 Å². The van der Waals surface area contributed by atoms with Crippen LogP contribution < -0.4 is 0 Å². The molecule has 2 aliphatic rings. The van der Waals surface area contributed by atoms with Crippen LogP contribution in [0.1, 0.15) is 25.7 Å². The predicted molar refractivity (Wildman–Crippen MR) is 38.0 cm³/mol. The molecule has 1 heterocycles. The number of hydrogen-bond acceptors (Lipinski definition) is 0. The standard InChI is InChI=1S/C8H14N/c1-9-6-4-8(2-3-8)5-7-9/h1-7H2/q+1. The van der Waals surface area contributed by atoms with E-state index in [0.717, 1.165) is 5.41 Å². The van der Waals surface area contributed by atoms with Crippen LogP contribution in [-0.2, 0) is 0 Å². The van der Waals surface area contributed by atoms with Gasteiger partial charge in [-0.15, -0.1) is 0 Å². The molecule has 1 spiro atoms. The maximum absolute atomic E-state index is 3.92. The van der Waals surface area contributed by atoms with Crippen LogP contribution in [0.5, 0.6) is 0 Å². The van der Waals surface area contributed by atoms with Crippen molar-refractivity contribution < 1.29 is 4.58 Å². The van der Waals surface area contributed by atoms with E-state index in [-0.39, 0.29) is 0 Å². The van der Waals surface area contributed by atoms with E-state index in [1.165, 1.54) is 38.8 Å². The van der Waals surface area contributed by atoms with Gasteiger partial charge in [-0.25, -0.2) is 4.58 Å². The summed E-state index contributed by atoms with van der Waals surface area (Å²) in [5.41, 5.74) is 0.828. The summed E-state index contributed by atoms with van der Waals surface area (Å²) >= 11 is 0. The van der Waals surface area contributed by atoms with E-state index < -0.39 is 0 Å². The van der Waals surface area contributed by atoms with Crippen molar-refractivity contribution in [1.29, 1.82) is 0 Å². The summed E-state index contributed by atoms with van der Waals surface area (Å²) < 4.78 is 2.20. The van der Waals surface area contributed by atoms with E-state index in [4.69, 9.17) is 0 Å². The number of nitrogens with zero attached hydrogens (tertiary/aromatic N) is 1. The summed E-state index contributed by atoms with van der Waals surface area (Å²) in [7, 11) is 0. The first-order chi connectivity index (χ1) is 4.31. The van der Waals surface area contributed by atoms with Gasteiger partial charge in [0.25, 0.3) is 0 Å². The van der Waals surface area contributed by atoms with Crippen LogP contribution in [0.25, 0.3) is 0 Å². The second-order valence-electron chi connectivity index (χ2n) is 3.62. The Labute approximate surface area is 56.4 Å². The van der Waals surface area contributed by atoms with Crippen LogP contribution in [0.3, 0.4) is 0 Å². The maximum atomic E-state index is 3.92. The number of piperidine rings is 1. The number of rotatable bonds is 0. The van der Waals surface area contributed by atoms with Crippen molar-refractivity contribution in [2.75, 3.05) is 13.1 Å². The van der Waals surface area contributed by atoms with Crippen LogP contribution >= 0.6 is 0 Å². The summed E-state index contributed by atoms with van der Waals surface area (Å²) in [6.07, 6.45) is 5.83. The zero-order chi connectivity index (χ0) is 6.32. The Kier molecular flexibility index (Phi) is 0.961. The lowest BCUT2D eigenvalue weighted by Crippen LogP contribution is -2.25. The van der Waals surface area contributed by atoms with E-state index in [0.29, 0.717) is 0 Å². The molecule has 0 aromatic carbocycles. The third-order valence-corrected chi connectivity index (χ3v) is 2.87. The quantitative estimate of drug-likeness (QED) is 0.428. The van der Waals surface area contributed by atoms with Gasteiger partial charge in [-0.1, -0.05) is 0 Å². The zero-order valence-electron chi connectivity index (χ0n) is 5.90. The van der Waals surface area contributed by atoms with E-state index in [1.807, 2.05) is 0 Å². The minimum absolute atomic E-state index is 0.828. The Bertz CT molecular complexity index is 133. The highest BCUT2D eigenvalue weighted by molar-refractivity contribution is 5.15. The van der Waals surface area contributed by atoms with Crippen LogP contribution in [0.15, 0.2) is 0 Å². The predicted octanol–water partition coefficient (Wildman–Crippen LogP) is 1.27. The minimum atomic E-state index is 0.828. The van der Waals surface area contributed by atoms with Gasteiger partial charge < -0.3 is 0 Å². The molecule has 50 valence electrons. The molecule has 2 rings (SSSR count). The average molecular weight is 124 g/mol. The fourth-order valence-electron chi connectivity index (χ4n) is 1.70. The van der Waals surface area contributed by atoms with Crippen molar-refractivity contribution in [1.82, 2.24) is 0 Å². The molecule has 0 amide bonds. The molecule has 0 unspecified atom stereocenters. The molecule has 0 aromatic heterocycles.